The van der Waals surface area contributed by atoms with Crippen LogP contribution in [0.15, 0.2) is 24.3 Å². The lowest BCUT2D eigenvalue weighted by atomic mass is 9.96. The van der Waals surface area contributed by atoms with Crippen molar-refractivity contribution >= 4 is 5.69 Å². The topological polar surface area (TPSA) is 50.5 Å². The Labute approximate surface area is 127 Å². The maximum atomic E-state index is 9.43. The Kier molecular flexibility index (Phi) is 5.60. The Morgan fingerprint density at radius 3 is 2.48 bits per heavy atom. The van der Waals surface area contributed by atoms with Gasteiger partial charge in [0, 0.05) is 25.8 Å². The van der Waals surface area contributed by atoms with E-state index in [2.05, 4.69) is 22.9 Å². The molecule has 1 atom stereocenters. The van der Waals surface area contributed by atoms with Gasteiger partial charge >= 0.3 is 0 Å². The second-order valence-electron chi connectivity index (χ2n) is 6.13. The lowest BCUT2D eigenvalue weighted by Crippen LogP contribution is -2.40. The number of nitriles is 1. The van der Waals surface area contributed by atoms with E-state index in [0.29, 0.717) is 11.5 Å². The monoisotopic (exact) mass is 287 g/mol. The fourth-order valence-corrected chi connectivity index (χ4v) is 3.01. The molecule has 0 saturated carbocycles. The molecule has 114 valence electrons. The van der Waals surface area contributed by atoms with E-state index < -0.39 is 0 Å². The van der Waals surface area contributed by atoms with E-state index in [9.17, 15) is 5.11 Å². The summed E-state index contributed by atoms with van der Waals surface area (Å²) in [7, 11) is 2.11. The number of aliphatic hydroxyl groups is 1. The van der Waals surface area contributed by atoms with Crippen molar-refractivity contribution in [1.29, 1.82) is 5.26 Å². The minimum Gasteiger partial charge on any atom is -0.392 e. The minimum atomic E-state index is -0.233. The summed E-state index contributed by atoms with van der Waals surface area (Å²) >= 11 is 0. The predicted octanol–water partition coefficient (Wildman–Crippen LogP) is 2.09. The third kappa shape index (κ3) is 4.73. The smallest absolute Gasteiger partial charge is 0.0991 e. The molecular formula is C17H25N3O. The summed E-state index contributed by atoms with van der Waals surface area (Å²) in [5, 5.41) is 18.3. The van der Waals surface area contributed by atoms with Crippen LogP contribution in [0.25, 0.3) is 0 Å². The van der Waals surface area contributed by atoms with E-state index in [1.807, 2.05) is 31.2 Å². The Balaban J connectivity index is 1.81. The summed E-state index contributed by atoms with van der Waals surface area (Å²) in [6.45, 7) is 5.85. The fourth-order valence-electron chi connectivity index (χ4n) is 3.01. The maximum Gasteiger partial charge on any atom is 0.0991 e. The summed E-state index contributed by atoms with van der Waals surface area (Å²) in [6.07, 6.45) is 2.14. The van der Waals surface area contributed by atoms with Crippen LogP contribution in [-0.4, -0.2) is 49.3 Å². The van der Waals surface area contributed by atoms with Crippen molar-refractivity contribution in [3.05, 3.63) is 29.8 Å². The molecular weight excluding hydrogens is 262 g/mol. The number of β-amino-alcohol motifs (C(OH)–C–C–N with tert-alkyl or cyclic N) is 1. The van der Waals surface area contributed by atoms with Crippen LogP contribution in [0.2, 0.25) is 0 Å². The van der Waals surface area contributed by atoms with Crippen LogP contribution in [0.4, 0.5) is 5.69 Å². The van der Waals surface area contributed by atoms with Gasteiger partial charge in [0.2, 0.25) is 0 Å². The Morgan fingerprint density at radius 2 is 1.95 bits per heavy atom. The first-order chi connectivity index (χ1) is 10.1. The quantitative estimate of drug-likeness (QED) is 0.901. The highest BCUT2D eigenvalue weighted by molar-refractivity contribution is 5.49. The van der Waals surface area contributed by atoms with Crippen LogP contribution in [0.3, 0.4) is 0 Å². The van der Waals surface area contributed by atoms with Gasteiger partial charge in [-0.05, 0) is 63.0 Å². The van der Waals surface area contributed by atoms with Gasteiger partial charge in [-0.1, -0.05) is 0 Å². The van der Waals surface area contributed by atoms with Crippen LogP contribution < -0.4 is 4.90 Å². The van der Waals surface area contributed by atoms with Crippen LogP contribution in [0.5, 0.6) is 0 Å². The predicted molar refractivity (Wildman–Crippen MR) is 85.3 cm³/mol. The zero-order valence-electron chi connectivity index (χ0n) is 13.0. The first-order valence-electron chi connectivity index (χ1n) is 7.70. The van der Waals surface area contributed by atoms with Gasteiger partial charge in [0.25, 0.3) is 0 Å². The summed E-state index contributed by atoms with van der Waals surface area (Å²) in [5.41, 5.74) is 1.87. The van der Waals surface area contributed by atoms with Gasteiger partial charge in [-0.25, -0.2) is 0 Å². The van der Waals surface area contributed by atoms with Crippen LogP contribution in [-0.2, 0) is 0 Å². The van der Waals surface area contributed by atoms with Gasteiger partial charge < -0.3 is 14.9 Å². The lowest BCUT2D eigenvalue weighted by Gasteiger charge is -2.35. The molecule has 0 spiro atoms. The molecule has 0 aromatic heterocycles. The zero-order chi connectivity index (χ0) is 15.2. The minimum absolute atomic E-state index is 0.233. The molecule has 1 aromatic carbocycles. The first-order valence-corrected chi connectivity index (χ1v) is 7.70. The second-order valence-corrected chi connectivity index (χ2v) is 6.13. The number of anilines is 1. The van der Waals surface area contributed by atoms with Crippen molar-refractivity contribution in [2.45, 2.75) is 25.9 Å². The van der Waals surface area contributed by atoms with Gasteiger partial charge in [0.05, 0.1) is 17.7 Å². The molecule has 1 aromatic rings. The van der Waals surface area contributed by atoms with Gasteiger partial charge in [-0.2, -0.15) is 5.26 Å². The third-order valence-electron chi connectivity index (χ3n) is 4.20. The molecule has 1 unspecified atom stereocenters. The molecule has 4 heteroatoms. The number of nitrogens with zero attached hydrogens (tertiary/aromatic N) is 3. The fraction of sp³-hybridized carbons (Fsp3) is 0.588. The van der Waals surface area contributed by atoms with Crippen molar-refractivity contribution in [3.8, 4) is 6.07 Å². The van der Waals surface area contributed by atoms with E-state index in [0.717, 1.165) is 26.2 Å². The van der Waals surface area contributed by atoms with Crippen molar-refractivity contribution < 1.29 is 5.11 Å². The Morgan fingerprint density at radius 1 is 1.33 bits per heavy atom. The molecule has 0 radical (unpaired) electrons. The zero-order valence-corrected chi connectivity index (χ0v) is 13.0. The van der Waals surface area contributed by atoms with E-state index >= 15 is 0 Å². The molecule has 1 aliphatic heterocycles. The van der Waals surface area contributed by atoms with Gasteiger partial charge in [-0.3, -0.25) is 0 Å². The molecule has 0 amide bonds. The molecule has 4 nitrogen and oxygen atoms in total. The van der Waals surface area contributed by atoms with E-state index in [1.165, 1.54) is 18.5 Å². The Hall–Kier alpha value is -1.57. The van der Waals surface area contributed by atoms with Gasteiger partial charge in [0.1, 0.15) is 0 Å². The molecule has 1 saturated heterocycles. The van der Waals surface area contributed by atoms with E-state index in [1.54, 1.807) is 0 Å². The number of rotatable bonds is 5. The average molecular weight is 287 g/mol. The summed E-state index contributed by atoms with van der Waals surface area (Å²) < 4.78 is 0. The highest BCUT2D eigenvalue weighted by atomic mass is 16.3. The number of piperidine rings is 1. The number of aliphatic hydroxyl groups excluding tert-OH is 1. The van der Waals surface area contributed by atoms with Crippen LogP contribution in [0, 0.1) is 17.2 Å². The van der Waals surface area contributed by atoms with Crippen molar-refractivity contribution in [2.75, 3.05) is 38.1 Å². The van der Waals surface area contributed by atoms with Crippen molar-refractivity contribution in [2.24, 2.45) is 5.92 Å². The molecule has 1 aliphatic rings. The lowest BCUT2D eigenvalue weighted by molar-refractivity contribution is 0.101. The number of hydrogen-bond donors (Lipinski definition) is 1. The normalized spacial score (nSPS) is 18.2. The molecule has 1 heterocycles. The number of likely N-dealkylation sites (tertiary alicyclic amines) is 1. The number of benzene rings is 1. The molecule has 1 N–H and O–H groups in total. The molecule has 2 rings (SSSR count). The van der Waals surface area contributed by atoms with Crippen molar-refractivity contribution in [1.82, 2.24) is 4.90 Å². The third-order valence-corrected chi connectivity index (χ3v) is 4.20. The van der Waals surface area contributed by atoms with E-state index in [4.69, 9.17) is 5.26 Å². The van der Waals surface area contributed by atoms with E-state index in [-0.39, 0.29) is 6.10 Å². The highest BCUT2D eigenvalue weighted by Crippen LogP contribution is 2.21. The van der Waals surface area contributed by atoms with Gasteiger partial charge in [-0.15, -0.1) is 0 Å². The highest BCUT2D eigenvalue weighted by Gasteiger charge is 2.21. The largest absolute Gasteiger partial charge is 0.392 e. The first kappa shape index (κ1) is 15.8. The Bertz CT molecular complexity index is 470. The molecule has 1 fully saturated rings. The van der Waals surface area contributed by atoms with Crippen molar-refractivity contribution in [3.63, 3.8) is 0 Å². The number of hydrogen-bond acceptors (Lipinski definition) is 4. The summed E-state index contributed by atoms with van der Waals surface area (Å²) in [5.74, 6) is 0.705. The summed E-state index contributed by atoms with van der Waals surface area (Å²) in [4.78, 5) is 4.62. The average Bonchev–Trinajstić information content (AvgIpc) is 2.49. The summed E-state index contributed by atoms with van der Waals surface area (Å²) in [6, 6.07) is 9.92. The second kappa shape index (κ2) is 7.44. The van der Waals surface area contributed by atoms with Crippen LogP contribution >= 0.6 is 0 Å². The molecule has 0 aliphatic carbocycles. The van der Waals surface area contributed by atoms with Gasteiger partial charge in [0.15, 0.2) is 0 Å². The molecule has 21 heavy (non-hydrogen) atoms. The van der Waals surface area contributed by atoms with Crippen LogP contribution in [0.1, 0.15) is 25.3 Å². The maximum absolute atomic E-state index is 9.43. The SMILES string of the molecule is CC(O)CN1CCC(CN(C)c2ccc(C#N)cc2)CC1. The standard InChI is InChI=1S/C17H25N3O/c1-14(21)12-20-9-7-16(8-10-20)13-19(2)17-5-3-15(11-18)4-6-17/h3-6,14,16,21H,7-10,12-13H2,1-2H3. The molecule has 0 bridgehead atoms.